The van der Waals surface area contributed by atoms with Crippen LogP contribution in [0.3, 0.4) is 0 Å². The monoisotopic (exact) mass is 569 g/mol. The molecule has 33 heavy (non-hydrogen) atoms. The number of methoxy groups -OCH3 is 1. The lowest BCUT2D eigenvalue weighted by Gasteiger charge is -2.34. The van der Waals surface area contributed by atoms with E-state index in [4.69, 9.17) is 9.47 Å². The van der Waals surface area contributed by atoms with Gasteiger partial charge in [-0.2, -0.15) is 0 Å². The first kappa shape index (κ1) is 26.9. The number of benzene rings is 1. The van der Waals surface area contributed by atoms with Gasteiger partial charge in [0.25, 0.3) is 0 Å². The van der Waals surface area contributed by atoms with Gasteiger partial charge >= 0.3 is 0 Å². The molecule has 3 rings (SSSR count). The van der Waals surface area contributed by atoms with E-state index in [0.29, 0.717) is 6.54 Å². The maximum atomic E-state index is 5.97. The van der Waals surface area contributed by atoms with Crippen LogP contribution in [0.25, 0.3) is 0 Å². The number of hydrogen-bond donors (Lipinski definition) is 2. The minimum atomic E-state index is -0.0501. The summed E-state index contributed by atoms with van der Waals surface area (Å²) < 4.78 is 11.2. The molecule has 1 aromatic carbocycles. The van der Waals surface area contributed by atoms with E-state index in [0.717, 1.165) is 69.2 Å². The molecule has 182 valence electrons. The maximum absolute atomic E-state index is 5.97. The molecule has 1 saturated heterocycles. The summed E-state index contributed by atoms with van der Waals surface area (Å²) >= 11 is 0. The van der Waals surface area contributed by atoms with Crippen molar-refractivity contribution in [1.82, 2.24) is 25.5 Å². The fraction of sp³-hybridized carbons (Fsp3) is 0.522. The van der Waals surface area contributed by atoms with Crippen molar-refractivity contribution in [2.45, 2.75) is 20.0 Å². The highest BCUT2D eigenvalue weighted by atomic mass is 127. The molecule has 1 unspecified atom stereocenters. The third-order valence-electron chi connectivity index (χ3n) is 5.16. The number of ether oxygens (including phenoxy) is 2. The lowest BCUT2D eigenvalue weighted by atomic mass is 10.3. The van der Waals surface area contributed by atoms with Crippen molar-refractivity contribution in [1.29, 1.82) is 0 Å². The highest BCUT2D eigenvalue weighted by Crippen LogP contribution is 2.20. The van der Waals surface area contributed by atoms with Crippen molar-refractivity contribution < 1.29 is 9.47 Å². The number of aliphatic imine (C=N–C) groups is 1. The van der Waals surface area contributed by atoms with Gasteiger partial charge in [0.2, 0.25) is 5.95 Å². The number of anilines is 1. The second-order valence-corrected chi connectivity index (χ2v) is 7.63. The summed E-state index contributed by atoms with van der Waals surface area (Å²) in [5, 5.41) is 6.74. The number of rotatable bonds is 10. The molecule has 2 aromatic rings. The Morgan fingerprint density at radius 3 is 2.52 bits per heavy atom. The SMILES string of the molecule is CCNC(=NCC(C)Oc1cccc(OC)c1)NCCN1CCN(c2ncccn2)CC1.I. The second-order valence-electron chi connectivity index (χ2n) is 7.63. The first-order chi connectivity index (χ1) is 15.7. The summed E-state index contributed by atoms with van der Waals surface area (Å²) in [6, 6.07) is 9.48. The Labute approximate surface area is 214 Å². The van der Waals surface area contributed by atoms with E-state index in [1.54, 1.807) is 19.5 Å². The van der Waals surface area contributed by atoms with Crippen LogP contribution in [0.2, 0.25) is 0 Å². The molecule has 10 heteroatoms. The number of halogens is 1. The van der Waals surface area contributed by atoms with E-state index in [1.165, 1.54) is 0 Å². The largest absolute Gasteiger partial charge is 0.497 e. The van der Waals surface area contributed by atoms with E-state index < -0.39 is 0 Å². The summed E-state index contributed by atoms with van der Waals surface area (Å²) in [5.74, 6) is 3.19. The molecule has 0 bridgehead atoms. The van der Waals surface area contributed by atoms with E-state index >= 15 is 0 Å². The summed E-state index contributed by atoms with van der Waals surface area (Å²) in [5.41, 5.74) is 0. The van der Waals surface area contributed by atoms with Gasteiger partial charge in [0.1, 0.15) is 17.6 Å². The Kier molecular flexibility index (Phi) is 12.0. The highest BCUT2D eigenvalue weighted by Gasteiger charge is 2.18. The van der Waals surface area contributed by atoms with Crippen molar-refractivity contribution in [2.75, 3.05) is 64.4 Å². The Morgan fingerprint density at radius 1 is 1.09 bits per heavy atom. The van der Waals surface area contributed by atoms with Gasteiger partial charge in [0.15, 0.2) is 5.96 Å². The summed E-state index contributed by atoms with van der Waals surface area (Å²) in [6.07, 6.45) is 3.54. The van der Waals surface area contributed by atoms with Crippen molar-refractivity contribution in [3.63, 3.8) is 0 Å². The molecule has 0 radical (unpaired) electrons. The number of piperazine rings is 1. The molecule has 0 spiro atoms. The van der Waals surface area contributed by atoms with E-state index in [9.17, 15) is 0 Å². The molecule has 0 aliphatic carbocycles. The van der Waals surface area contributed by atoms with E-state index in [2.05, 4.69) is 42.3 Å². The Hall–Kier alpha value is -2.34. The van der Waals surface area contributed by atoms with Gasteiger partial charge in [-0.05, 0) is 32.0 Å². The van der Waals surface area contributed by atoms with Crippen molar-refractivity contribution >= 4 is 35.9 Å². The van der Waals surface area contributed by atoms with Crippen molar-refractivity contribution in [3.8, 4) is 11.5 Å². The first-order valence-corrected chi connectivity index (χ1v) is 11.2. The average molecular weight is 569 g/mol. The topological polar surface area (TPSA) is 87.1 Å². The Morgan fingerprint density at radius 2 is 1.82 bits per heavy atom. The lowest BCUT2D eigenvalue weighted by molar-refractivity contribution is 0.229. The molecule has 1 aliphatic heterocycles. The number of hydrogen-bond acceptors (Lipinski definition) is 7. The molecule has 1 aromatic heterocycles. The fourth-order valence-electron chi connectivity index (χ4n) is 3.46. The zero-order valence-electron chi connectivity index (χ0n) is 19.7. The molecular weight excluding hydrogens is 533 g/mol. The zero-order valence-corrected chi connectivity index (χ0v) is 22.1. The van der Waals surface area contributed by atoms with Crippen molar-refractivity contribution in [2.24, 2.45) is 4.99 Å². The highest BCUT2D eigenvalue weighted by molar-refractivity contribution is 14.0. The average Bonchev–Trinajstić information content (AvgIpc) is 2.83. The number of nitrogens with zero attached hydrogens (tertiary/aromatic N) is 5. The van der Waals surface area contributed by atoms with Crippen molar-refractivity contribution in [3.05, 3.63) is 42.7 Å². The predicted molar refractivity (Wildman–Crippen MR) is 143 cm³/mol. The van der Waals surface area contributed by atoms with Crippen LogP contribution < -0.4 is 25.0 Å². The number of aromatic nitrogens is 2. The first-order valence-electron chi connectivity index (χ1n) is 11.2. The summed E-state index contributed by atoms with van der Waals surface area (Å²) in [6.45, 7) is 11.1. The summed E-state index contributed by atoms with van der Waals surface area (Å²) in [4.78, 5) is 18.1. The van der Waals surface area contributed by atoms with Gasteiger partial charge in [-0.15, -0.1) is 24.0 Å². The van der Waals surface area contributed by atoms with Gasteiger partial charge in [0.05, 0.1) is 13.7 Å². The molecule has 2 heterocycles. The van der Waals surface area contributed by atoms with Crippen LogP contribution in [0.4, 0.5) is 5.95 Å². The van der Waals surface area contributed by atoms with E-state index in [-0.39, 0.29) is 30.1 Å². The second kappa shape index (κ2) is 14.7. The van der Waals surface area contributed by atoms with Crippen LogP contribution in [0.5, 0.6) is 11.5 Å². The van der Waals surface area contributed by atoms with Crippen LogP contribution >= 0.6 is 24.0 Å². The molecule has 1 fully saturated rings. The Balaban J connectivity index is 0.00000385. The number of nitrogens with one attached hydrogen (secondary N) is 2. The van der Waals surface area contributed by atoms with Gasteiger partial charge in [0, 0.05) is 64.3 Å². The zero-order chi connectivity index (χ0) is 22.6. The maximum Gasteiger partial charge on any atom is 0.225 e. The lowest BCUT2D eigenvalue weighted by Crippen LogP contribution is -2.49. The van der Waals surface area contributed by atoms with Gasteiger partial charge < -0.3 is 25.0 Å². The normalized spacial score (nSPS) is 15.4. The Bertz CT molecular complexity index is 833. The van der Waals surface area contributed by atoms with E-state index in [1.807, 2.05) is 37.3 Å². The molecular formula is C23H36IN7O2. The number of guanidine groups is 1. The quantitative estimate of drug-likeness (QED) is 0.256. The standard InChI is InChI=1S/C23H35N7O2.HI/c1-4-24-22(28-18-19(2)32-21-8-5-7-20(17-21)31-3)25-11-12-29-13-15-30(16-14-29)23-26-9-6-10-27-23;/h5-10,17,19H,4,11-16,18H2,1-3H3,(H2,24,25,28);1H. The van der Waals surface area contributed by atoms with Gasteiger partial charge in [-0.1, -0.05) is 6.07 Å². The van der Waals surface area contributed by atoms with Crippen LogP contribution in [-0.4, -0.2) is 86.4 Å². The predicted octanol–water partition coefficient (Wildman–Crippen LogP) is 2.25. The van der Waals surface area contributed by atoms with Crippen LogP contribution in [0.15, 0.2) is 47.7 Å². The molecule has 0 saturated carbocycles. The smallest absolute Gasteiger partial charge is 0.225 e. The van der Waals surface area contributed by atoms with Crippen LogP contribution in [0.1, 0.15) is 13.8 Å². The van der Waals surface area contributed by atoms with Gasteiger partial charge in [-0.25, -0.2) is 15.0 Å². The fourth-order valence-corrected chi connectivity index (χ4v) is 3.46. The third kappa shape index (κ3) is 9.20. The summed E-state index contributed by atoms with van der Waals surface area (Å²) in [7, 11) is 1.65. The molecule has 0 amide bonds. The molecule has 1 aliphatic rings. The minimum Gasteiger partial charge on any atom is -0.497 e. The minimum absolute atomic E-state index is 0. The third-order valence-corrected chi connectivity index (χ3v) is 5.16. The molecule has 2 N–H and O–H groups in total. The molecule has 9 nitrogen and oxygen atoms in total. The van der Waals surface area contributed by atoms with Crippen LogP contribution in [-0.2, 0) is 0 Å². The molecule has 1 atom stereocenters. The van der Waals surface area contributed by atoms with Crippen LogP contribution in [0, 0.1) is 0 Å². The van der Waals surface area contributed by atoms with Gasteiger partial charge in [-0.3, -0.25) is 4.90 Å².